The van der Waals surface area contributed by atoms with Gasteiger partial charge in [-0.3, -0.25) is 0 Å². The first-order valence-corrected chi connectivity index (χ1v) is 7.02. The van der Waals surface area contributed by atoms with E-state index in [1.807, 2.05) is 32.9 Å². The number of methoxy groups -OCH3 is 1. The number of hydrogen-bond donors (Lipinski definition) is 1. The Bertz CT molecular complexity index is 510. The molecule has 0 radical (unpaired) electrons. The Kier molecular flexibility index (Phi) is 6.49. The number of carbonyl (C=O) groups excluding carboxylic acids is 1. The second-order valence-electron chi connectivity index (χ2n) is 5.37. The quantitative estimate of drug-likeness (QED) is 0.843. The number of aromatic nitrogens is 1. The van der Waals surface area contributed by atoms with Gasteiger partial charge in [-0.2, -0.15) is 0 Å². The van der Waals surface area contributed by atoms with Crippen LogP contribution in [-0.4, -0.2) is 30.3 Å². The molecule has 1 heterocycles. The van der Waals surface area contributed by atoms with Gasteiger partial charge in [0.15, 0.2) is 0 Å². The van der Waals surface area contributed by atoms with E-state index in [-0.39, 0.29) is 0 Å². The molecule has 5 nitrogen and oxygen atoms in total. The van der Waals surface area contributed by atoms with Crippen molar-refractivity contribution in [3.05, 3.63) is 28.9 Å². The normalized spacial score (nSPS) is 11.5. The Balaban J connectivity index is 2.42. The second-order valence-corrected chi connectivity index (χ2v) is 5.81. The molecule has 1 aromatic heterocycles. The average Bonchev–Trinajstić information content (AvgIpc) is 2.36. The van der Waals surface area contributed by atoms with Crippen molar-refractivity contribution in [2.24, 2.45) is 0 Å². The van der Waals surface area contributed by atoms with Gasteiger partial charge in [-0.15, -0.1) is 0 Å². The number of carbonyl (C=O) groups is 1. The van der Waals surface area contributed by atoms with E-state index in [1.54, 1.807) is 13.2 Å². The monoisotopic (exact) mass is 312 g/mol. The lowest BCUT2D eigenvalue weighted by Crippen LogP contribution is -2.32. The smallest absolute Gasteiger partial charge is 0.407 e. The first kappa shape index (κ1) is 17.3. The zero-order chi connectivity index (χ0) is 15.9. The second kappa shape index (κ2) is 7.88. The fraction of sp³-hybridized carbons (Fsp3) is 0.467. The molecule has 0 saturated carbocycles. The standard InChI is InChI=1S/C15H21ClN2O3/c1-15(2,3)21-14(19)17-8-6-5-7-11-9-12(16)10-18-13(11)20-4/h5,7,9-10H,6,8H2,1-4H3,(H,17,19). The van der Waals surface area contributed by atoms with E-state index in [0.717, 1.165) is 5.56 Å². The Labute approximate surface area is 130 Å². The van der Waals surface area contributed by atoms with Crippen molar-refractivity contribution < 1.29 is 14.3 Å². The molecule has 0 bridgehead atoms. The van der Waals surface area contributed by atoms with Crippen LogP contribution in [0.4, 0.5) is 4.79 Å². The maximum atomic E-state index is 11.4. The maximum absolute atomic E-state index is 11.4. The summed E-state index contributed by atoms with van der Waals surface area (Å²) in [6.07, 6.45) is 5.54. The molecule has 21 heavy (non-hydrogen) atoms. The van der Waals surface area contributed by atoms with Crippen LogP contribution in [0, 0.1) is 0 Å². The summed E-state index contributed by atoms with van der Waals surface area (Å²) in [5, 5.41) is 3.22. The highest BCUT2D eigenvalue weighted by Gasteiger charge is 2.15. The number of amides is 1. The molecule has 1 aromatic rings. The Morgan fingerprint density at radius 3 is 2.81 bits per heavy atom. The van der Waals surface area contributed by atoms with Crippen LogP contribution in [0.25, 0.3) is 6.08 Å². The van der Waals surface area contributed by atoms with Crippen molar-refractivity contribution in [1.82, 2.24) is 10.3 Å². The molecule has 0 unspecified atom stereocenters. The predicted molar refractivity (Wildman–Crippen MR) is 83.7 cm³/mol. The SMILES string of the molecule is COc1ncc(Cl)cc1C=CCCNC(=O)OC(C)(C)C. The highest BCUT2D eigenvalue weighted by atomic mass is 35.5. The van der Waals surface area contributed by atoms with Gasteiger partial charge in [0.1, 0.15) is 5.60 Å². The Morgan fingerprint density at radius 1 is 1.48 bits per heavy atom. The van der Waals surface area contributed by atoms with Crippen LogP contribution in [0.3, 0.4) is 0 Å². The van der Waals surface area contributed by atoms with Gasteiger partial charge in [-0.25, -0.2) is 9.78 Å². The van der Waals surface area contributed by atoms with E-state index in [0.29, 0.717) is 23.9 Å². The summed E-state index contributed by atoms with van der Waals surface area (Å²) in [6.45, 7) is 5.96. The van der Waals surface area contributed by atoms with Crippen molar-refractivity contribution >= 4 is 23.8 Å². The van der Waals surface area contributed by atoms with Crippen molar-refractivity contribution in [1.29, 1.82) is 0 Å². The Morgan fingerprint density at radius 2 is 2.19 bits per heavy atom. The van der Waals surface area contributed by atoms with Gasteiger partial charge < -0.3 is 14.8 Å². The number of alkyl carbamates (subject to hydrolysis) is 1. The number of nitrogens with zero attached hydrogens (tertiary/aromatic N) is 1. The van der Waals surface area contributed by atoms with Crippen LogP contribution < -0.4 is 10.1 Å². The largest absolute Gasteiger partial charge is 0.481 e. The summed E-state index contributed by atoms with van der Waals surface area (Å²) in [7, 11) is 1.55. The van der Waals surface area contributed by atoms with Gasteiger partial charge in [-0.05, 0) is 33.3 Å². The first-order valence-electron chi connectivity index (χ1n) is 6.65. The van der Waals surface area contributed by atoms with Gasteiger partial charge in [0.05, 0.1) is 12.1 Å². The summed E-state index contributed by atoms with van der Waals surface area (Å²) >= 11 is 5.89. The van der Waals surface area contributed by atoms with Crippen molar-refractivity contribution in [2.75, 3.05) is 13.7 Å². The highest BCUT2D eigenvalue weighted by molar-refractivity contribution is 6.30. The minimum absolute atomic E-state index is 0.419. The van der Waals surface area contributed by atoms with E-state index in [9.17, 15) is 4.79 Å². The summed E-state index contributed by atoms with van der Waals surface area (Å²) < 4.78 is 10.3. The predicted octanol–water partition coefficient (Wildman–Crippen LogP) is 3.67. The molecule has 0 aromatic carbocycles. The Hall–Kier alpha value is -1.75. The molecule has 0 atom stereocenters. The van der Waals surface area contributed by atoms with Gasteiger partial charge in [0.25, 0.3) is 0 Å². The molecule has 0 aliphatic heterocycles. The van der Waals surface area contributed by atoms with Crippen molar-refractivity contribution in [3.8, 4) is 5.88 Å². The van der Waals surface area contributed by atoms with Gasteiger partial charge >= 0.3 is 6.09 Å². The number of ether oxygens (including phenoxy) is 2. The fourth-order valence-corrected chi connectivity index (χ4v) is 1.68. The molecule has 0 aliphatic carbocycles. The lowest BCUT2D eigenvalue weighted by atomic mass is 10.2. The van der Waals surface area contributed by atoms with Crippen molar-refractivity contribution in [3.63, 3.8) is 0 Å². The van der Waals surface area contributed by atoms with Gasteiger partial charge in [0, 0.05) is 18.3 Å². The molecule has 0 fully saturated rings. The van der Waals surface area contributed by atoms with E-state index in [2.05, 4.69) is 10.3 Å². The molecular formula is C15H21ClN2O3. The topological polar surface area (TPSA) is 60.5 Å². The molecule has 116 valence electrons. The highest BCUT2D eigenvalue weighted by Crippen LogP contribution is 2.20. The lowest BCUT2D eigenvalue weighted by molar-refractivity contribution is 0.0529. The number of nitrogens with one attached hydrogen (secondary N) is 1. The molecule has 6 heteroatoms. The van der Waals surface area contributed by atoms with E-state index >= 15 is 0 Å². The summed E-state index contributed by atoms with van der Waals surface area (Å²) in [4.78, 5) is 15.5. The van der Waals surface area contributed by atoms with Crippen LogP contribution in [0.2, 0.25) is 5.02 Å². The molecule has 1 N–H and O–H groups in total. The molecule has 0 spiro atoms. The average molecular weight is 313 g/mol. The van der Waals surface area contributed by atoms with E-state index in [4.69, 9.17) is 21.1 Å². The molecular weight excluding hydrogens is 292 g/mol. The van der Waals surface area contributed by atoms with Crippen LogP contribution in [-0.2, 0) is 4.74 Å². The minimum atomic E-state index is -0.486. The minimum Gasteiger partial charge on any atom is -0.481 e. The van der Waals surface area contributed by atoms with Crippen LogP contribution in [0.5, 0.6) is 5.88 Å². The third kappa shape index (κ3) is 6.99. The summed E-state index contributed by atoms with van der Waals surface area (Å²) in [5.74, 6) is 0.510. The molecule has 0 aliphatic rings. The maximum Gasteiger partial charge on any atom is 0.407 e. The summed E-state index contributed by atoms with van der Waals surface area (Å²) in [5.41, 5.74) is 0.307. The third-order valence-electron chi connectivity index (χ3n) is 2.32. The van der Waals surface area contributed by atoms with Crippen LogP contribution >= 0.6 is 11.6 Å². The zero-order valence-corrected chi connectivity index (χ0v) is 13.5. The lowest BCUT2D eigenvalue weighted by Gasteiger charge is -2.19. The number of pyridine rings is 1. The fourth-order valence-electron chi connectivity index (χ4n) is 1.51. The van der Waals surface area contributed by atoms with E-state index < -0.39 is 11.7 Å². The zero-order valence-electron chi connectivity index (χ0n) is 12.8. The summed E-state index contributed by atoms with van der Waals surface area (Å²) in [6, 6.07) is 1.77. The number of hydrogen-bond acceptors (Lipinski definition) is 4. The van der Waals surface area contributed by atoms with Crippen molar-refractivity contribution in [2.45, 2.75) is 32.8 Å². The molecule has 1 amide bonds. The number of rotatable bonds is 5. The molecule has 0 saturated heterocycles. The third-order valence-corrected chi connectivity index (χ3v) is 2.52. The first-order chi connectivity index (χ1) is 9.81. The van der Waals surface area contributed by atoms with Gasteiger partial charge in [-0.1, -0.05) is 23.8 Å². The number of halogens is 1. The van der Waals surface area contributed by atoms with Gasteiger partial charge in [0.2, 0.25) is 5.88 Å². The van der Waals surface area contributed by atoms with E-state index in [1.165, 1.54) is 6.20 Å². The van der Waals surface area contributed by atoms with Crippen LogP contribution in [0.1, 0.15) is 32.8 Å². The molecule has 1 rings (SSSR count). The van der Waals surface area contributed by atoms with Crippen LogP contribution in [0.15, 0.2) is 18.3 Å².